The molecular weight excluding hydrogens is 272 g/mol. The molecule has 1 aromatic carbocycles. The van der Waals surface area contributed by atoms with E-state index >= 15 is 0 Å². The average molecular weight is 292 g/mol. The van der Waals surface area contributed by atoms with Gasteiger partial charge >= 0.3 is 12.0 Å². The van der Waals surface area contributed by atoms with Gasteiger partial charge in [-0.1, -0.05) is 0 Å². The number of esters is 1. The minimum absolute atomic E-state index is 0.0400. The summed E-state index contributed by atoms with van der Waals surface area (Å²) >= 11 is 0. The molecule has 0 aliphatic carbocycles. The molecule has 2 amide bonds. The van der Waals surface area contributed by atoms with Gasteiger partial charge in [0.1, 0.15) is 0 Å². The summed E-state index contributed by atoms with van der Waals surface area (Å²) in [6.45, 7) is 2.68. The Balaban J connectivity index is 1.85. The molecule has 114 valence electrons. The first-order chi connectivity index (χ1) is 10.1. The van der Waals surface area contributed by atoms with Gasteiger partial charge in [-0.25, -0.2) is 9.59 Å². The Morgan fingerprint density at radius 1 is 1.33 bits per heavy atom. The zero-order valence-electron chi connectivity index (χ0n) is 12.2. The molecule has 1 aliphatic heterocycles. The second-order valence-electron chi connectivity index (χ2n) is 5.01. The molecule has 2 atom stereocenters. The van der Waals surface area contributed by atoms with Crippen LogP contribution in [0, 0.1) is 0 Å². The molecule has 1 saturated heterocycles. The Morgan fingerprint density at radius 3 is 2.62 bits per heavy atom. The highest BCUT2D eigenvalue weighted by molar-refractivity contribution is 5.92. The molecule has 0 aromatic heterocycles. The molecule has 2 N–H and O–H groups in total. The normalized spacial score (nSPS) is 18.9. The van der Waals surface area contributed by atoms with Gasteiger partial charge in [-0.2, -0.15) is 0 Å². The topological polar surface area (TPSA) is 76.7 Å². The van der Waals surface area contributed by atoms with Crippen LogP contribution >= 0.6 is 0 Å². The van der Waals surface area contributed by atoms with Crippen LogP contribution in [-0.2, 0) is 9.47 Å². The molecule has 1 fully saturated rings. The molecule has 0 unspecified atom stereocenters. The number of amides is 2. The van der Waals surface area contributed by atoms with Crippen LogP contribution in [0.25, 0.3) is 0 Å². The first-order valence-electron chi connectivity index (χ1n) is 6.97. The van der Waals surface area contributed by atoms with Crippen molar-refractivity contribution < 1.29 is 19.1 Å². The minimum Gasteiger partial charge on any atom is -0.465 e. The van der Waals surface area contributed by atoms with Gasteiger partial charge in [0.05, 0.1) is 24.8 Å². The van der Waals surface area contributed by atoms with Crippen LogP contribution in [0.5, 0.6) is 0 Å². The molecule has 0 spiro atoms. The molecule has 0 saturated carbocycles. The lowest BCUT2D eigenvalue weighted by atomic mass is 10.1. The monoisotopic (exact) mass is 292 g/mol. The van der Waals surface area contributed by atoms with Crippen LogP contribution in [0.4, 0.5) is 10.5 Å². The Labute approximate surface area is 123 Å². The van der Waals surface area contributed by atoms with Gasteiger partial charge in [-0.05, 0) is 44.0 Å². The zero-order chi connectivity index (χ0) is 15.2. The number of methoxy groups -OCH3 is 1. The van der Waals surface area contributed by atoms with E-state index in [1.165, 1.54) is 7.11 Å². The van der Waals surface area contributed by atoms with Crippen molar-refractivity contribution in [1.29, 1.82) is 0 Å². The van der Waals surface area contributed by atoms with Crippen molar-refractivity contribution in [3.63, 3.8) is 0 Å². The van der Waals surface area contributed by atoms with Crippen molar-refractivity contribution in [2.24, 2.45) is 0 Å². The molecule has 6 nitrogen and oxygen atoms in total. The van der Waals surface area contributed by atoms with Crippen LogP contribution in [0.15, 0.2) is 24.3 Å². The molecule has 1 heterocycles. The molecule has 0 bridgehead atoms. The second-order valence-corrected chi connectivity index (χ2v) is 5.01. The Morgan fingerprint density at radius 2 is 2.05 bits per heavy atom. The van der Waals surface area contributed by atoms with Gasteiger partial charge in [0.2, 0.25) is 0 Å². The maximum absolute atomic E-state index is 11.9. The summed E-state index contributed by atoms with van der Waals surface area (Å²) in [5.41, 5.74) is 1.05. The summed E-state index contributed by atoms with van der Waals surface area (Å²) in [5, 5.41) is 5.57. The lowest BCUT2D eigenvalue weighted by Crippen LogP contribution is -2.42. The van der Waals surface area contributed by atoms with Gasteiger partial charge < -0.3 is 20.1 Å². The fraction of sp³-hybridized carbons (Fsp3) is 0.467. The Bertz CT molecular complexity index is 495. The summed E-state index contributed by atoms with van der Waals surface area (Å²) < 4.78 is 10.1. The van der Waals surface area contributed by atoms with Gasteiger partial charge in [0.25, 0.3) is 0 Å². The third-order valence-electron chi connectivity index (χ3n) is 3.45. The molecule has 1 aromatic rings. The van der Waals surface area contributed by atoms with E-state index in [-0.39, 0.29) is 18.2 Å². The lowest BCUT2D eigenvalue weighted by molar-refractivity contribution is 0.0600. The van der Waals surface area contributed by atoms with E-state index in [1.807, 2.05) is 6.92 Å². The van der Waals surface area contributed by atoms with Crippen molar-refractivity contribution in [3.05, 3.63) is 29.8 Å². The quantitative estimate of drug-likeness (QED) is 0.834. The highest BCUT2D eigenvalue weighted by atomic mass is 16.5. The first-order valence-corrected chi connectivity index (χ1v) is 6.97. The number of carbonyl (C=O) groups is 2. The number of hydrogen-bond donors (Lipinski definition) is 2. The van der Waals surface area contributed by atoms with E-state index in [4.69, 9.17) is 4.74 Å². The lowest BCUT2D eigenvalue weighted by Gasteiger charge is -2.20. The van der Waals surface area contributed by atoms with Crippen LogP contribution in [0.3, 0.4) is 0 Å². The smallest absolute Gasteiger partial charge is 0.337 e. The van der Waals surface area contributed by atoms with Crippen molar-refractivity contribution >= 4 is 17.7 Å². The predicted octanol–water partition coefficient (Wildman–Crippen LogP) is 2.16. The van der Waals surface area contributed by atoms with E-state index in [1.54, 1.807) is 24.3 Å². The maximum Gasteiger partial charge on any atom is 0.337 e. The van der Waals surface area contributed by atoms with Crippen molar-refractivity contribution in [2.45, 2.75) is 31.9 Å². The third kappa shape index (κ3) is 4.19. The van der Waals surface area contributed by atoms with Crippen LogP contribution < -0.4 is 10.6 Å². The van der Waals surface area contributed by atoms with E-state index in [0.29, 0.717) is 11.3 Å². The van der Waals surface area contributed by atoms with Gasteiger partial charge in [-0.15, -0.1) is 0 Å². The number of hydrogen-bond acceptors (Lipinski definition) is 4. The first kappa shape index (κ1) is 15.3. The van der Waals surface area contributed by atoms with Crippen LogP contribution in [0.2, 0.25) is 0 Å². The van der Waals surface area contributed by atoms with E-state index in [2.05, 4.69) is 15.4 Å². The molecule has 2 rings (SSSR count). The highest BCUT2D eigenvalue weighted by Crippen LogP contribution is 2.15. The number of carbonyl (C=O) groups excluding carboxylic acids is 2. The van der Waals surface area contributed by atoms with Crippen molar-refractivity contribution in [3.8, 4) is 0 Å². The molecule has 1 aliphatic rings. The summed E-state index contributed by atoms with van der Waals surface area (Å²) in [7, 11) is 1.33. The van der Waals surface area contributed by atoms with Crippen LogP contribution in [0.1, 0.15) is 30.1 Å². The van der Waals surface area contributed by atoms with E-state index < -0.39 is 5.97 Å². The summed E-state index contributed by atoms with van der Waals surface area (Å²) in [6.07, 6.45) is 2.08. The maximum atomic E-state index is 11.9. The SMILES string of the molecule is COC(=O)c1ccc(NC(=O)N[C@H](C)[C@H]2CCCO2)cc1. The average Bonchev–Trinajstić information content (AvgIpc) is 3.01. The molecule has 6 heteroatoms. The molecule has 21 heavy (non-hydrogen) atoms. The standard InChI is InChI=1S/C15H20N2O4/c1-10(13-4-3-9-21-13)16-15(19)17-12-7-5-11(6-8-12)14(18)20-2/h5-8,10,13H,3-4,9H2,1-2H3,(H2,16,17,19)/t10-,13-/m1/s1. The number of rotatable bonds is 4. The fourth-order valence-electron chi connectivity index (χ4n) is 2.27. The molecule has 0 radical (unpaired) electrons. The Kier molecular flexibility index (Phi) is 5.16. The summed E-state index contributed by atoms with van der Waals surface area (Å²) in [6, 6.07) is 6.19. The van der Waals surface area contributed by atoms with Crippen LogP contribution in [-0.4, -0.2) is 37.9 Å². The largest absolute Gasteiger partial charge is 0.465 e. The zero-order valence-corrected chi connectivity index (χ0v) is 12.2. The number of urea groups is 1. The Hall–Kier alpha value is -2.08. The highest BCUT2D eigenvalue weighted by Gasteiger charge is 2.23. The molecular formula is C15H20N2O4. The number of anilines is 1. The summed E-state index contributed by atoms with van der Waals surface area (Å²) in [4.78, 5) is 23.2. The van der Waals surface area contributed by atoms with Crippen molar-refractivity contribution in [1.82, 2.24) is 5.32 Å². The minimum atomic E-state index is -0.405. The van der Waals surface area contributed by atoms with Crippen molar-refractivity contribution in [2.75, 3.05) is 19.0 Å². The van der Waals surface area contributed by atoms with Gasteiger partial charge in [0.15, 0.2) is 0 Å². The summed E-state index contributed by atoms with van der Waals surface area (Å²) in [5.74, 6) is -0.405. The van der Waals surface area contributed by atoms with Gasteiger partial charge in [0, 0.05) is 12.3 Å². The predicted molar refractivity (Wildman–Crippen MR) is 78.4 cm³/mol. The van der Waals surface area contributed by atoms with E-state index in [0.717, 1.165) is 19.4 Å². The fourth-order valence-corrected chi connectivity index (χ4v) is 2.27. The number of ether oxygens (including phenoxy) is 2. The van der Waals surface area contributed by atoms with Gasteiger partial charge in [-0.3, -0.25) is 0 Å². The number of benzene rings is 1. The third-order valence-corrected chi connectivity index (χ3v) is 3.45. The second kappa shape index (κ2) is 7.08. The number of nitrogens with one attached hydrogen (secondary N) is 2. The van der Waals surface area contributed by atoms with E-state index in [9.17, 15) is 9.59 Å².